The number of hydrogen-bond acceptors (Lipinski definition) is 4. The quantitative estimate of drug-likeness (QED) is 0.745. The third-order valence-electron chi connectivity index (χ3n) is 3.63. The van der Waals surface area contributed by atoms with Gasteiger partial charge in [-0.3, -0.25) is 0 Å². The summed E-state index contributed by atoms with van der Waals surface area (Å²) in [6, 6.07) is 7.24. The second-order valence-electron chi connectivity index (χ2n) is 5.24. The molecule has 0 heterocycles. The standard InChI is InChI=1S/C14H23N3O2S/c1-2-10-16-20(18,19)14-9-4-3-7-13(14)17-12-8-5-6-11(12)15/h3-4,7,9,11-12,16-17H,2,5-6,8,10,15H2,1H3. The first-order chi connectivity index (χ1) is 9.54. The maximum atomic E-state index is 12.3. The molecule has 6 heteroatoms. The van der Waals surface area contributed by atoms with E-state index in [0.717, 1.165) is 25.7 Å². The molecule has 1 aliphatic carbocycles. The van der Waals surface area contributed by atoms with Crippen molar-refractivity contribution in [3.63, 3.8) is 0 Å². The first-order valence-electron chi connectivity index (χ1n) is 7.15. The SMILES string of the molecule is CCCNS(=O)(=O)c1ccccc1NC1CCCC1N. The average Bonchev–Trinajstić information content (AvgIpc) is 2.83. The molecule has 0 amide bonds. The van der Waals surface area contributed by atoms with Gasteiger partial charge in [0.2, 0.25) is 10.0 Å². The van der Waals surface area contributed by atoms with Gasteiger partial charge in [0.25, 0.3) is 0 Å². The number of para-hydroxylation sites is 1. The molecule has 2 unspecified atom stereocenters. The Labute approximate surface area is 121 Å². The number of benzene rings is 1. The molecule has 4 N–H and O–H groups in total. The van der Waals surface area contributed by atoms with Crippen LogP contribution in [0.15, 0.2) is 29.2 Å². The van der Waals surface area contributed by atoms with E-state index in [1.54, 1.807) is 18.2 Å². The number of nitrogens with two attached hydrogens (primary N) is 1. The molecule has 112 valence electrons. The van der Waals surface area contributed by atoms with Crippen molar-refractivity contribution in [3.8, 4) is 0 Å². The molecular formula is C14H23N3O2S. The van der Waals surface area contributed by atoms with Crippen LogP contribution in [0, 0.1) is 0 Å². The zero-order chi connectivity index (χ0) is 14.6. The number of hydrogen-bond donors (Lipinski definition) is 3. The first kappa shape index (κ1) is 15.3. The topological polar surface area (TPSA) is 84.2 Å². The molecule has 1 saturated carbocycles. The van der Waals surface area contributed by atoms with E-state index in [9.17, 15) is 8.42 Å². The average molecular weight is 297 g/mol. The van der Waals surface area contributed by atoms with Gasteiger partial charge in [-0.2, -0.15) is 0 Å². The van der Waals surface area contributed by atoms with E-state index >= 15 is 0 Å². The van der Waals surface area contributed by atoms with Crippen molar-refractivity contribution in [3.05, 3.63) is 24.3 Å². The predicted molar refractivity (Wildman–Crippen MR) is 81.2 cm³/mol. The van der Waals surface area contributed by atoms with Crippen molar-refractivity contribution in [2.24, 2.45) is 5.73 Å². The Morgan fingerprint density at radius 3 is 2.70 bits per heavy atom. The van der Waals surface area contributed by atoms with Crippen LogP contribution in [-0.2, 0) is 10.0 Å². The van der Waals surface area contributed by atoms with Gasteiger partial charge >= 0.3 is 0 Å². The summed E-state index contributed by atoms with van der Waals surface area (Å²) in [5, 5.41) is 3.30. The van der Waals surface area contributed by atoms with Crippen LogP contribution >= 0.6 is 0 Å². The second-order valence-corrected chi connectivity index (χ2v) is 6.97. The molecular weight excluding hydrogens is 274 g/mol. The van der Waals surface area contributed by atoms with Gasteiger partial charge in [-0.1, -0.05) is 19.1 Å². The molecule has 1 aliphatic rings. The lowest BCUT2D eigenvalue weighted by molar-refractivity contribution is 0.580. The van der Waals surface area contributed by atoms with Crippen LogP contribution in [0.4, 0.5) is 5.69 Å². The van der Waals surface area contributed by atoms with E-state index in [4.69, 9.17) is 5.73 Å². The van der Waals surface area contributed by atoms with Gasteiger partial charge in [-0.25, -0.2) is 13.1 Å². The normalized spacial score (nSPS) is 22.9. The summed E-state index contributed by atoms with van der Waals surface area (Å²) < 4.78 is 27.2. The second kappa shape index (κ2) is 6.56. The third-order valence-corrected chi connectivity index (χ3v) is 5.15. The molecule has 1 aromatic rings. The van der Waals surface area contributed by atoms with E-state index < -0.39 is 10.0 Å². The van der Waals surface area contributed by atoms with Crippen molar-refractivity contribution in [1.82, 2.24) is 4.72 Å². The van der Waals surface area contributed by atoms with Gasteiger partial charge in [0, 0.05) is 18.6 Å². The van der Waals surface area contributed by atoms with Crippen molar-refractivity contribution >= 4 is 15.7 Å². The van der Waals surface area contributed by atoms with Gasteiger partial charge in [-0.05, 0) is 37.8 Å². The molecule has 2 rings (SSSR count). The highest BCUT2D eigenvalue weighted by atomic mass is 32.2. The Morgan fingerprint density at radius 1 is 1.30 bits per heavy atom. The minimum Gasteiger partial charge on any atom is -0.380 e. The summed E-state index contributed by atoms with van der Waals surface area (Å²) in [6.45, 7) is 2.38. The summed E-state index contributed by atoms with van der Waals surface area (Å²) in [4.78, 5) is 0.299. The van der Waals surface area contributed by atoms with Crippen LogP contribution in [0.2, 0.25) is 0 Å². The van der Waals surface area contributed by atoms with Crippen LogP contribution in [0.1, 0.15) is 32.6 Å². The Balaban J connectivity index is 2.21. The van der Waals surface area contributed by atoms with Crippen molar-refractivity contribution in [2.45, 2.75) is 49.6 Å². The zero-order valence-electron chi connectivity index (χ0n) is 11.8. The van der Waals surface area contributed by atoms with Gasteiger partial charge in [0.05, 0.1) is 5.69 Å². The van der Waals surface area contributed by atoms with E-state index in [1.165, 1.54) is 0 Å². The lowest BCUT2D eigenvalue weighted by Crippen LogP contribution is -2.36. The summed E-state index contributed by atoms with van der Waals surface area (Å²) >= 11 is 0. The molecule has 20 heavy (non-hydrogen) atoms. The number of rotatable bonds is 6. The number of nitrogens with one attached hydrogen (secondary N) is 2. The van der Waals surface area contributed by atoms with Gasteiger partial charge in [0.1, 0.15) is 4.90 Å². The van der Waals surface area contributed by atoms with Crippen LogP contribution in [0.5, 0.6) is 0 Å². The summed E-state index contributed by atoms with van der Waals surface area (Å²) in [5.74, 6) is 0. The highest BCUT2D eigenvalue weighted by Crippen LogP contribution is 2.26. The van der Waals surface area contributed by atoms with Gasteiger partial charge in [-0.15, -0.1) is 0 Å². The van der Waals surface area contributed by atoms with Crippen molar-refractivity contribution in [2.75, 3.05) is 11.9 Å². The largest absolute Gasteiger partial charge is 0.380 e. The fraction of sp³-hybridized carbons (Fsp3) is 0.571. The number of anilines is 1. The zero-order valence-corrected chi connectivity index (χ0v) is 12.6. The van der Waals surface area contributed by atoms with E-state index in [0.29, 0.717) is 17.1 Å². The Bertz CT molecular complexity index is 545. The van der Waals surface area contributed by atoms with Gasteiger partial charge in [0.15, 0.2) is 0 Å². The predicted octanol–water partition coefficient (Wildman–Crippen LogP) is 1.67. The smallest absolute Gasteiger partial charge is 0.242 e. The molecule has 5 nitrogen and oxygen atoms in total. The maximum Gasteiger partial charge on any atom is 0.242 e. The fourth-order valence-electron chi connectivity index (χ4n) is 2.50. The van der Waals surface area contributed by atoms with Crippen LogP contribution < -0.4 is 15.8 Å². The van der Waals surface area contributed by atoms with E-state index in [-0.39, 0.29) is 12.1 Å². The Morgan fingerprint density at radius 2 is 2.05 bits per heavy atom. The Kier molecular flexibility index (Phi) is 5.01. The molecule has 0 aliphatic heterocycles. The van der Waals surface area contributed by atoms with Crippen LogP contribution in [0.25, 0.3) is 0 Å². The molecule has 2 atom stereocenters. The third kappa shape index (κ3) is 3.50. The molecule has 0 radical (unpaired) electrons. The van der Waals surface area contributed by atoms with E-state index in [2.05, 4.69) is 10.0 Å². The van der Waals surface area contributed by atoms with Crippen molar-refractivity contribution in [1.29, 1.82) is 0 Å². The lowest BCUT2D eigenvalue weighted by Gasteiger charge is -2.20. The molecule has 1 aromatic carbocycles. The fourth-order valence-corrected chi connectivity index (χ4v) is 3.80. The maximum absolute atomic E-state index is 12.3. The molecule has 0 spiro atoms. The minimum atomic E-state index is -3.47. The van der Waals surface area contributed by atoms with E-state index in [1.807, 2.05) is 13.0 Å². The molecule has 0 saturated heterocycles. The lowest BCUT2D eigenvalue weighted by atomic mass is 10.2. The van der Waals surface area contributed by atoms with Crippen LogP contribution in [0.3, 0.4) is 0 Å². The summed E-state index contributed by atoms with van der Waals surface area (Å²) in [7, 11) is -3.47. The summed E-state index contributed by atoms with van der Waals surface area (Å²) in [6.07, 6.45) is 3.82. The van der Waals surface area contributed by atoms with Gasteiger partial charge < -0.3 is 11.1 Å². The monoisotopic (exact) mass is 297 g/mol. The molecule has 0 bridgehead atoms. The highest BCUT2D eigenvalue weighted by molar-refractivity contribution is 7.89. The van der Waals surface area contributed by atoms with Crippen molar-refractivity contribution < 1.29 is 8.42 Å². The molecule has 0 aromatic heterocycles. The Hall–Kier alpha value is -1.11. The minimum absolute atomic E-state index is 0.0920. The number of sulfonamides is 1. The molecule has 1 fully saturated rings. The highest BCUT2D eigenvalue weighted by Gasteiger charge is 2.26. The van der Waals surface area contributed by atoms with Crippen LogP contribution in [-0.4, -0.2) is 27.0 Å². The summed E-state index contributed by atoms with van der Waals surface area (Å²) in [5.41, 5.74) is 6.68. The first-order valence-corrected chi connectivity index (χ1v) is 8.63.